The summed E-state index contributed by atoms with van der Waals surface area (Å²) in [5.41, 5.74) is 11.9. The normalized spacial score (nSPS) is 14.6. The van der Waals surface area contributed by atoms with Crippen molar-refractivity contribution in [1.82, 2.24) is 84.9 Å². The lowest BCUT2D eigenvalue weighted by Gasteiger charge is -2.32. The van der Waals surface area contributed by atoms with E-state index in [1.165, 1.54) is 26.3 Å². The van der Waals surface area contributed by atoms with Crippen LogP contribution in [0.5, 0.6) is 5.88 Å². The molecule has 0 aliphatic carbocycles. The number of aryl methyl sites for hydroxylation is 5. The zero-order valence-electron chi connectivity index (χ0n) is 68.8. The summed E-state index contributed by atoms with van der Waals surface area (Å²) in [6.45, 7) is 13.8. The van der Waals surface area contributed by atoms with Crippen LogP contribution in [0.25, 0.3) is 45.3 Å². The number of carbonyl (C=O) groups excluding carboxylic acids is 8. The number of cyclic esters (lactones) is 2. The molecule has 0 radical (unpaired) electrons. The summed E-state index contributed by atoms with van der Waals surface area (Å²) in [6, 6.07) is 35.2. The minimum absolute atomic E-state index is 0.0193. The third kappa shape index (κ3) is 20.4. The number of nitrogens with zero attached hydrogens (tertiary/aromatic N) is 17. The topological polar surface area (TPSA) is 437 Å². The van der Waals surface area contributed by atoms with Gasteiger partial charge in [0.25, 0.3) is 5.91 Å². The van der Waals surface area contributed by atoms with Crippen molar-refractivity contribution in [2.75, 3.05) is 21.3 Å². The molecule has 0 saturated carbocycles. The number of ether oxygens (including phenoxy) is 7. The van der Waals surface area contributed by atoms with Gasteiger partial charge in [0.2, 0.25) is 17.7 Å². The molecule has 0 saturated heterocycles. The number of anilines is 4. The van der Waals surface area contributed by atoms with E-state index in [2.05, 4.69) is 87.4 Å². The molecular formula is C84H81Cl3FN21O15. The highest BCUT2D eigenvalue weighted by atomic mass is 35.5. The molecule has 0 bridgehead atoms. The van der Waals surface area contributed by atoms with Gasteiger partial charge >= 0.3 is 36.1 Å². The van der Waals surface area contributed by atoms with Crippen molar-refractivity contribution in [2.24, 2.45) is 28.2 Å². The maximum atomic E-state index is 13.9. The Morgan fingerprint density at radius 1 is 0.468 bits per heavy atom. The van der Waals surface area contributed by atoms with E-state index in [4.69, 9.17) is 68.0 Å². The lowest BCUT2D eigenvalue weighted by atomic mass is 9.92. The summed E-state index contributed by atoms with van der Waals surface area (Å²) in [7, 11) is 6.78. The largest absolute Gasteiger partial charge is 0.460 e. The Morgan fingerprint density at radius 3 is 1.44 bits per heavy atom. The van der Waals surface area contributed by atoms with Gasteiger partial charge in [0, 0.05) is 103 Å². The van der Waals surface area contributed by atoms with Gasteiger partial charge in [0.05, 0.1) is 71.2 Å². The fraction of sp³-hybridized carbons (Fsp3) is 0.298. The molecule has 12 aromatic rings. The monoisotopic (exact) mass is 1750 g/mol. The molecule has 0 unspecified atom stereocenters. The Hall–Kier alpha value is -14.1. The first-order valence-corrected chi connectivity index (χ1v) is 39.7. The van der Waals surface area contributed by atoms with E-state index in [0.29, 0.717) is 114 Å². The number of amides is 4. The molecule has 4 amide bonds. The maximum Gasteiger partial charge on any atom is 0.412 e. The smallest absolute Gasteiger partial charge is 0.412 e. The summed E-state index contributed by atoms with van der Waals surface area (Å²) >= 11 is 18.4. The Labute approximate surface area is 722 Å². The fourth-order valence-electron chi connectivity index (χ4n) is 13.5. The average molecular weight is 1750 g/mol. The molecule has 3 aromatic carbocycles. The minimum Gasteiger partial charge on any atom is -0.460 e. The SMILES string of the molecule is C[C@@H](OC(=O)Cc1c(-c2ccc3c(c2)C(C)(C)OC(=O)N3)nnn1C)c1cccnc1F.C[C@@H](OC(=O)Cc1c(-c2ccc3c(c2)CCC(=O)N3)nnn1C)c1ccccc1Cl.C[C@@H](OC(=O)Cc1c(-c2ccc3c(n2)COC(=O)N3)nnn1C)c1cccnc1Cl.C[C@@H](OC(=O)Cc1c(-c2ccc3c(n2)OC(C)(C)C(=O)N3)nnn1C)c1cccnc1Cl. The second-order valence-corrected chi connectivity index (χ2v) is 30.8. The van der Waals surface area contributed by atoms with Crippen molar-refractivity contribution in [3.8, 4) is 51.2 Å². The quantitative estimate of drug-likeness (QED) is 0.0313. The molecule has 16 rings (SSSR count). The number of aromatic nitrogens is 17. The van der Waals surface area contributed by atoms with Crippen LogP contribution in [0.4, 0.5) is 36.7 Å². The van der Waals surface area contributed by atoms with E-state index in [-0.39, 0.29) is 71.8 Å². The number of halogens is 4. The molecule has 4 aliphatic rings. The van der Waals surface area contributed by atoms with E-state index in [1.54, 1.807) is 173 Å². The molecular weight excluding hydrogens is 1670 g/mol. The average Bonchev–Trinajstić information content (AvgIpc) is 1.17. The highest BCUT2D eigenvalue weighted by molar-refractivity contribution is 6.31. The summed E-state index contributed by atoms with van der Waals surface area (Å²) in [4.78, 5) is 118. The van der Waals surface area contributed by atoms with E-state index < -0.39 is 71.7 Å². The molecule has 4 aliphatic heterocycles. The van der Waals surface area contributed by atoms with Gasteiger partial charge in [-0.2, -0.15) is 4.39 Å². The van der Waals surface area contributed by atoms with Crippen molar-refractivity contribution in [1.29, 1.82) is 0 Å². The van der Waals surface area contributed by atoms with Crippen molar-refractivity contribution >= 4 is 105 Å². The summed E-state index contributed by atoms with van der Waals surface area (Å²) in [5, 5.41) is 44.9. The minimum atomic E-state index is -1.06. The molecule has 13 heterocycles. The summed E-state index contributed by atoms with van der Waals surface area (Å²) in [5.74, 6) is -2.54. The highest BCUT2D eigenvalue weighted by Gasteiger charge is 2.38. The molecule has 640 valence electrons. The van der Waals surface area contributed by atoms with Crippen molar-refractivity contribution in [2.45, 2.75) is 136 Å². The van der Waals surface area contributed by atoms with Crippen molar-refractivity contribution in [3.63, 3.8) is 0 Å². The lowest BCUT2D eigenvalue weighted by molar-refractivity contribution is -0.149. The first-order valence-electron chi connectivity index (χ1n) is 38.6. The van der Waals surface area contributed by atoms with Crippen LogP contribution >= 0.6 is 34.8 Å². The van der Waals surface area contributed by atoms with Crippen LogP contribution in [0.2, 0.25) is 15.3 Å². The standard InChI is InChI=1S/C22H21ClN4O3.C22H22FN5O4.C21H21ClN6O4.C19H17ClN6O4/c1-13(16-5-3-4-6-17(16)23)30-21(29)12-19-22(25-26-27(19)2)15-7-9-18-14(11-15)8-10-20(28)24-18;1-12(14-6-5-9-24-20(14)23)31-18(29)11-17-19(26-27-28(17)4)13-7-8-16-15(10-13)22(2,3)32-21(30)25-16;1-11(12-6-5-9-23-18(12)22)31-16(29)10-15-17(26-27-28(15)4)13-7-8-14-19(24-13)32-21(2,3)20(30)25-14;1-10(11-4-3-7-21-18(11)20)30-16(27)8-15-17(24-25-26(15)2)13-6-5-12-14(22-13)9-29-19(28)23-12/h3-7,9,11,13H,8,10,12H2,1-2H3,(H,24,28);5-10,12H,11H2,1-4H3,(H,25,30);5-9,11H,10H2,1-4H3,(H,25,30);3-7,10H,8-9H2,1-2H3,(H,23,28)/t13-;12-;11-;10-/m1111/s1. The van der Waals surface area contributed by atoms with Crippen LogP contribution < -0.4 is 26.0 Å². The van der Waals surface area contributed by atoms with Gasteiger partial charge in [-0.1, -0.05) is 98.1 Å². The zero-order valence-corrected chi connectivity index (χ0v) is 71.0. The lowest BCUT2D eigenvalue weighted by Crippen LogP contribution is -2.46. The third-order valence-electron chi connectivity index (χ3n) is 20.1. The first kappa shape index (κ1) is 87.7. The Bertz CT molecular complexity index is 5960. The molecule has 4 N–H and O–H groups in total. The number of benzene rings is 3. The van der Waals surface area contributed by atoms with Gasteiger partial charge in [-0.3, -0.25) is 58.1 Å². The maximum absolute atomic E-state index is 13.9. The van der Waals surface area contributed by atoms with Crippen LogP contribution in [0.15, 0.2) is 140 Å². The highest BCUT2D eigenvalue weighted by Crippen LogP contribution is 2.41. The molecule has 0 spiro atoms. The summed E-state index contributed by atoms with van der Waals surface area (Å²) < 4.78 is 58.1. The van der Waals surface area contributed by atoms with Crippen LogP contribution in [-0.4, -0.2) is 138 Å². The van der Waals surface area contributed by atoms with Gasteiger partial charge < -0.3 is 43.8 Å². The number of rotatable bonds is 20. The van der Waals surface area contributed by atoms with E-state index in [1.807, 2.05) is 42.5 Å². The number of pyridine rings is 5. The predicted molar refractivity (Wildman–Crippen MR) is 446 cm³/mol. The van der Waals surface area contributed by atoms with E-state index in [9.17, 15) is 42.7 Å². The number of hydrogen-bond donors (Lipinski definition) is 4. The van der Waals surface area contributed by atoms with Crippen molar-refractivity contribution in [3.05, 3.63) is 223 Å². The Balaban J connectivity index is 0.000000142. The molecule has 36 nitrogen and oxygen atoms in total. The second-order valence-electron chi connectivity index (χ2n) is 29.7. The third-order valence-corrected chi connectivity index (χ3v) is 21.1. The number of nitrogens with one attached hydrogen (secondary N) is 4. The van der Waals surface area contributed by atoms with Crippen LogP contribution in [0.3, 0.4) is 0 Å². The number of hydrogen-bond acceptors (Lipinski definition) is 28. The summed E-state index contributed by atoms with van der Waals surface area (Å²) in [6.07, 6.45) is 1.91. The van der Waals surface area contributed by atoms with Crippen LogP contribution in [0, 0.1) is 5.95 Å². The Kier molecular flexibility index (Phi) is 26.5. The molecule has 40 heteroatoms. The van der Waals surface area contributed by atoms with E-state index >= 15 is 0 Å². The van der Waals surface area contributed by atoms with Gasteiger partial charge in [-0.25, -0.2) is 34.5 Å². The van der Waals surface area contributed by atoms with Gasteiger partial charge in [-0.15, -0.1) is 20.4 Å². The molecule has 4 atom stereocenters. The fourth-order valence-corrected chi connectivity index (χ4v) is 14.3. The van der Waals surface area contributed by atoms with Gasteiger partial charge in [0.15, 0.2) is 5.60 Å². The van der Waals surface area contributed by atoms with E-state index in [0.717, 1.165) is 27.9 Å². The second kappa shape index (κ2) is 37.5. The van der Waals surface area contributed by atoms with Crippen LogP contribution in [-0.2, 0) is 130 Å². The zero-order chi connectivity index (χ0) is 88.6. The molecule has 124 heavy (non-hydrogen) atoms. The van der Waals surface area contributed by atoms with Crippen LogP contribution in [0.1, 0.15) is 148 Å². The number of carbonyl (C=O) groups is 8. The van der Waals surface area contributed by atoms with Gasteiger partial charge in [-0.05, 0) is 146 Å². The first-order chi connectivity index (χ1) is 59.1. The Morgan fingerprint density at radius 2 is 0.911 bits per heavy atom. The molecule has 0 fully saturated rings. The number of esters is 4. The van der Waals surface area contributed by atoms with Crippen molar-refractivity contribution < 1.29 is 75.9 Å². The molecule has 9 aromatic heterocycles. The predicted octanol–water partition coefficient (Wildman–Crippen LogP) is 13.2. The number of fused-ring (bicyclic) bond motifs is 4. The van der Waals surface area contributed by atoms with Gasteiger partial charge in [0.1, 0.15) is 81.1 Å².